The Kier molecular flexibility index (Phi) is 8.96. The molecule has 1 aliphatic heterocycles. The zero-order valence-corrected chi connectivity index (χ0v) is 28.3. The van der Waals surface area contributed by atoms with Gasteiger partial charge in [-0.25, -0.2) is 14.4 Å². The number of fused-ring (bicyclic) bond motifs is 1. The second-order valence-corrected chi connectivity index (χ2v) is 12.9. The molecule has 252 valence electrons. The van der Waals surface area contributed by atoms with Gasteiger partial charge in [-0.3, -0.25) is 4.79 Å². The van der Waals surface area contributed by atoms with Gasteiger partial charge in [0.25, 0.3) is 5.91 Å². The van der Waals surface area contributed by atoms with Crippen LogP contribution in [0.3, 0.4) is 0 Å². The number of halogens is 1. The number of primary amides is 1. The second-order valence-electron chi connectivity index (χ2n) is 11.9. The van der Waals surface area contributed by atoms with E-state index >= 15 is 4.39 Å². The highest BCUT2D eigenvalue weighted by Gasteiger charge is 2.23. The first kappa shape index (κ1) is 32.2. The Hall–Kier alpha value is -5.36. The summed E-state index contributed by atoms with van der Waals surface area (Å²) in [6, 6.07) is 22.7. The van der Waals surface area contributed by atoms with E-state index in [0.29, 0.717) is 70.0 Å². The predicted molar refractivity (Wildman–Crippen MR) is 188 cm³/mol. The Morgan fingerprint density at radius 1 is 0.939 bits per heavy atom. The number of rotatable bonds is 11. The predicted octanol–water partition coefficient (Wildman–Crippen LogP) is 7.10. The molecule has 2 aromatic heterocycles. The Morgan fingerprint density at radius 2 is 1.61 bits per heavy atom. The van der Waals surface area contributed by atoms with Gasteiger partial charge >= 0.3 is 0 Å². The van der Waals surface area contributed by atoms with E-state index < -0.39 is 12.0 Å². The van der Waals surface area contributed by atoms with Crippen LogP contribution in [0.2, 0.25) is 0 Å². The third kappa shape index (κ3) is 6.68. The molecule has 7 rings (SSSR count). The summed E-state index contributed by atoms with van der Waals surface area (Å²) in [5.74, 6) is 2.22. The van der Waals surface area contributed by atoms with E-state index in [9.17, 15) is 4.79 Å². The van der Waals surface area contributed by atoms with Crippen molar-refractivity contribution in [1.82, 2.24) is 14.5 Å². The van der Waals surface area contributed by atoms with Crippen LogP contribution in [0.4, 0.5) is 9.52 Å². The lowest BCUT2D eigenvalue weighted by atomic mass is 10.1. The number of hydrogen-bond donors (Lipinski definition) is 1. The largest absolute Gasteiger partial charge is 0.497 e. The van der Waals surface area contributed by atoms with Crippen molar-refractivity contribution >= 4 is 43.6 Å². The molecular formula is C37H36FN5O5S. The molecule has 0 spiro atoms. The Morgan fingerprint density at radius 3 is 2.24 bits per heavy atom. The fourth-order valence-corrected chi connectivity index (χ4v) is 6.93. The summed E-state index contributed by atoms with van der Waals surface area (Å²) in [5.41, 5.74) is 10.1. The zero-order valence-electron chi connectivity index (χ0n) is 27.4. The number of nitrogens with two attached hydrogens (primary N) is 1. The van der Waals surface area contributed by atoms with Gasteiger partial charge in [-0.05, 0) is 67.3 Å². The molecule has 0 unspecified atom stereocenters. The van der Waals surface area contributed by atoms with Gasteiger partial charge in [0.15, 0.2) is 11.2 Å². The van der Waals surface area contributed by atoms with Gasteiger partial charge in [-0.1, -0.05) is 35.6 Å². The topological polar surface area (TPSA) is 114 Å². The summed E-state index contributed by atoms with van der Waals surface area (Å²) in [7, 11) is 3.29. The van der Waals surface area contributed by atoms with Crippen molar-refractivity contribution in [2.24, 2.45) is 5.73 Å². The minimum atomic E-state index is -0.830. The van der Waals surface area contributed by atoms with Gasteiger partial charge in [0, 0.05) is 37.3 Å². The minimum Gasteiger partial charge on any atom is -0.497 e. The summed E-state index contributed by atoms with van der Waals surface area (Å²) in [6.45, 7) is 3.93. The molecule has 0 fully saturated rings. The van der Waals surface area contributed by atoms with Gasteiger partial charge in [-0.2, -0.15) is 0 Å². The Bertz CT molecular complexity index is 2080. The number of thiazole rings is 1. The summed E-state index contributed by atoms with van der Waals surface area (Å²) in [5, 5.41) is 0.696. The number of ether oxygens (including phenoxy) is 4. The van der Waals surface area contributed by atoms with E-state index in [-0.39, 0.29) is 5.82 Å². The van der Waals surface area contributed by atoms with Crippen LogP contribution in [0.5, 0.6) is 23.0 Å². The zero-order chi connectivity index (χ0) is 34.1. The van der Waals surface area contributed by atoms with Crippen molar-refractivity contribution in [3.8, 4) is 34.4 Å². The molecule has 0 aliphatic carbocycles. The Labute approximate surface area is 286 Å². The molecular weight excluding hydrogens is 646 g/mol. The first-order valence-electron chi connectivity index (χ1n) is 16.0. The van der Waals surface area contributed by atoms with Crippen LogP contribution in [0.15, 0.2) is 72.8 Å². The smallest absolute Gasteiger partial charge is 0.258 e. The quantitative estimate of drug-likeness (QED) is 0.154. The first-order valence-corrected chi connectivity index (χ1v) is 16.9. The number of amides is 1. The fourth-order valence-electron chi connectivity index (χ4n) is 5.98. The lowest BCUT2D eigenvalue weighted by Crippen LogP contribution is -2.30. The van der Waals surface area contributed by atoms with Gasteiger partial charge in [-0.15, -0.1) is 0 Å². The number of anilines is 1. The maximum absolute atomic E-state index is 16.0. The molecule has 0 saturated carbocycles. The minimum absolute atomic E-state index is 0.369. The number of nitrogens with zero attached hydrogens (tertiary/aromatic N) is 4. The van der Waals surface area contributed by atoms with Crippen LogP contribution in [0, 0.1) is 5.82 Å². The van der Waals surface area contributed by atoms with Gasteiger partial charge in [0.1, 0.15) is 40.2 Å². The van der Waals surface area contributed by atoms with Gasteiger partial charge in [0.05, 0.1) is 36.6 Å². The van der Waals surface area contributed by atoms with Crippen molar-refractivity contribution in [2.45, 2.75) is 45.5 Å². The lowest BCUT2D eigenvalue weighted by Gasteiger charge is -2.22. The molecule has 10 nitrogen and oxygen atoms in total. The van der Waals surface area contributed by atoms with Crippen molar-refractivity contribution in [3.05, 3.63) is 89.7 Å². The second kappa shape index (κ2) is 13.6. The molecule has 49 heavy (non-hydrogen) atoms. The standard InChI is InChI=1S/C37H36FN5O5S/c1-22(35(39)44)48-28-18-30-33-32(19-28)47-15-5-4-14-43(33)36(40-30)25-16-29(38)34-31(17-25)41-37(49-34)42(20-23-6-10-26(45-2)11-7-23)21-24-8-12-27(46-3)13-9-24/h6-13,16-19,22H,4-5,14-15,20-21H2,1-3H3,(H2,39,44)/t22-/m0/s1. The van der Waals surface area contributed by atoms with Crippen LogP contribution in [-0.4, -0.2) is 47.4 Å². The lowest BCUT2D eigenvalue weighted by molar-refractivity contribution is -0.123. The van der Waals surface area contributed by atoms with Crippen LogP contribution in [0.1, 0.15) is 30.9 Å². The van der Waals surface area contributed by atoms with Crippen molar-refractivity contribution in [1.29, 1.82) is 0 Å². The normalized spacial score (nSPS) is 13.4. The SMILES string of the molecule is COc1ccc(CN(Cc2ccc(OC)cc2)c2nc3cc(-c4nc5cc(O[C@@H](C)C(N)=O)cc6c5n4CCCCO6)cc(F)c3s2)cc1. The molecule has 6 aromatic rings. The fraction of sp³-hybridized carbons (Fsp3) is 0.270. The number of carbonyl (C=O) groups excluding carboxylic acids is 1. The van der Waals surface area contributed by atoms with Gasteiger partial charge < -0.3 is 34.1 Å². The number of imidazole rings is 1. The molecule has 4 aromatic carbocycles. The summed E-state index contributed by atoms with van der Waals surface area (Å²) in [4.78, 5) is 23.8. The van der Waals surface area contributed by atoms with E-state index in [1.165, 1.54) is 17.4 Å². The molecule has 12 heteroatoms. The summed E-state index contributed by atoms with van der Waals surface area (Å²) in [6.07, 6.45) is 0.873. The molecule has 2 N–H and O–H groups in total. The third-order valence-corrected chi connectivity index (χ3v) is 9.69. The summed E-state index contributed by atoms with van der Waals surface area (Å²) < 4.78 is 41.2. The molecule has 0 saturated heterocycles. The maximum atomic E-state index is 16.0. The first-order chi connectivity index (χ1) is 23.8. The van der Waals surface area contributed by atoms with Crippen LogP contribution in [0.25, 0.3) is 32.6 Å². The molecule has 3 heterocycles. The number of aryl methyl sites for hydroxylation is 1. The number of methoxy groups -OCH3 is 2. The monoisotopic (exact) mass is 681 g/mol. The van der Waals surface area contributed by atoms with E-state index in [1.807, 2.05) is 54.6 Å². The number of carbonyl (C=O) groups is 1. The van der Waals surface area contributed by atoms with E-state index in [2.05, 4.69) is 9.47 Å². The molecule has 1 atom stereocenters. The maximum Gasteiger partial charge on any atom is 0.258 e. The number of aromatic nitrogens is 3. The van der Waals surface area contributed by atoms with Crippen LogP contribution < -0.4 is 29.6 Å². The molecule has 1 aliphatic rings. The molecule has 0 radical (unpaired) electrons. The highest BCUT2D eigenvalue weighted by molar-refractivity contribution is 7.22. The van der Waals surface area contributed by atoms with Crippen LogP contribution >= 0.6 is 11.3 Å². The molecule has 1 amide bonds. The van der Waals surface area contributed by atoms with E-state index in [0.717, 1.165) is 41.0 Å². The van der Waals surface area contributed by atoms with Crippen molar-refractivity contribution in [2.75, 3.05) is 25.7 Å². The van der Waals surface area contributed by atoms with Crippen molar-refractivity contribution < 1.29 is 28.1 Å². The van der Waals surface area contributed by atoms with Crippen LogP contribution in [-0.2, 0) is 24.4 Å². The Balaban J connectivity index is 1.28. The average Bonchev–Trinajstić information content (AvgIpc) is 3.69. The van der Waals surface area contributed by atoms with E-state index in [1.54, 1.807) is 33.3 Å². The van der Waals surface area contributed by atoms with Gasteiger partial charge in [0.2, 0.25) is 0 Å². The average molecular weight is 682 g/mol. The highest BCUT2D eigenvalue weighted by Crippen LogP contribution is 2.39. The highest BCUT2D eigenvalue weighted by atomic mass is 32.1. The number of hydrogen-bond acceptors (Lipinski definition) is 9. The van der Waals surface area contributed by atoms with E-state index in [4.69, 9.17) is 34.6 Å². The molecule has 0 bridgehead atoms. The number of benzene rings is 4. The third-order valence-electron chi connectivity index (χ3n) is 8.55. The van der Waals surface area contributed by atoms with Crippen molar-refractivity contribution in [3.63, 3.8) is 0 Å². The summed E-state index contributed by atoms with van der Waals surface area (Å²) >= 11 is 1.32.